The number of halogens is 2. The monoisotopic (exact) mass is 253 g/mol. The lowest BCUT2D eigenvalue weighted by molar-refractivity contribution is 0.629. The molecule has 0 aliphatic carbocycles. The molecule has 17 heavy (non-hydrogen) atoms. The molecule has 2 N–H and O–H groups in total. The van der Waals surface area contributed by atoms with E-state index in [0.717, 1.165) is 5.69 Å². The van der Waals surface area contributed by atoms with Gasteiger partial charge in [-0.2, -0.15) is 0 Å². The molecule has 90 valence electrons. The Kier molecular flexibility index (Phi) is 3.45. The van der Waals surface area contributed by atoms with Gasteiger partial charge in [-0.25, -0.2) is 9.37 Å². The van der Waals surface area contributed by atoms with Crippen LogP contribution < -0.4 is 5.73 Å². The van der Waals surface area contributed by atoms with Crippen molar-refractivity contribution in [3.05, 3.63) is 40.9 Å². The molecule has 0 spiro atoms. The zero-order valence-electron chi connectivity index (χ0n) is 9.45. The van der Waals surface area contributed by atoms with Crippen LogP contribution in [0.5, 0.6) is 0 Å². The molecule has 0 aliphatic rings. The second-order valence-corrected chi connectivity index (χ2v) is 4.21. The lowest BCUT2D eigenvalue weighted by atomic mass is 10.2. The largest absolute Gasteiger partial charge is 0.334 e. The maximum absolute atomic E-state index is 13.7. The smallest absolute Gasteiger partial charge is 0.144 e. The first kappa shape index (κ1) is 12.1. The van der Waals surface area contributed by atoms with Gasteiger partial charge in [0.25, 0.3) is 0 Å². The van der Waals surface area contributed by atoms with Gasteiger partial charge in [-0.3, -0.25) is 0 Å². The average molecular weight is 254 g/mol. The van der Waals surface area contributed by atoms with E-state index in [4.69, 9.17) is 17.3 Å². The van der Waals surface area contributed by atoms with E-state index in [9.17, 15) is 4.39 Å². The van der Waals surface area contributed by atoms with Gasteiger partial charge in [0.15, 0.2) is 0 Å². The predicted molar refractivity (Wildman–Crippen MR) is 66.4 cm³/mol. The van der Waals surface area contributed by atoms with E-state index in [2.05, 4.69) is 4.98 Å². The number of hydrogen-bond acceptors (Lipinski definition) is 2. The van der Waals surface area contributed by atoms with E-state index in [1.54, 1.807) is 16.7 Å². The van der Waals surface area contributed by atoms with Crippen molar-refractivity contribution in [3.63, 3.8) is 0 Å². The van der Waals surface area contributed by atoms with Crippen LogP contribution in [-0.2, 0) is 13.5 Å². The molecule has 1 aromatic heterocycles. The highest BCUT2D eigenvalue weighted by Gasteiger charge is 2.15. The summed E-state index contributed by atoms with van der Waals surface area (Å²) in [6.07, 6.45) is 2.50. The van der Waals surface area contributed by atoms with Gasteiger partial charge in [0.05, 0.1) is 16.3 Å². The Balaban J connectivity index is 2.52. The lowest BCUT2D eigenvalue weighted by Gasteiger charge is -2.05. The molecular formula is C12H13ClFN3. The molecule has 0 saturated carbocycles. The van der Waals surface area contributed by atoms with Crippen molar-refractivity contribution in [2.24, 2.45) is 12.8 Å². The van der Waals surface area contributed by atoms with Crippen molar-refractivity contribution in [1.29, 1.82) is 0 Å². The number of nitrogens with zero attached hydrogens (tertiary/aromatic N) is 2. The number of nitrogens with two attached hydrogens (primary N) is 1. The summed E-state index contributed by atoms with van der Waals surface area (Å²) in [5, 5.41) is 0.359. The SMILES string of the molecule is Cn1cc(CCN)nc1-c1c(F)cccc1Cl. The third-order valence-electron chi connectivity index (χ3n) is 2.51. The zero-order valence-corrected chi connectivity index (χ0v) is 10.2. The Morgan fingerprint density at radius 1 is 1.47 bits per heavy atom. The third-order valence-corrected chi connectivity index (χ3v) is 2.83. The van der Waals surface area contributed by atoms with Gasteiger partial charge < -0.3 is 10.3 Å². The quantitative estimate of drug-likeness (QED) is 0.913. The molecule has 0 bridgehead atoms. The van der Waals surface area contributed by atoms with Crippen LogP contribution in [0, 0.1) is 5.82 Å². The molecule has 0 aliphatic heterocycles. The summed E-state index contributed by atoms with van der Waals surface area (Å²) < 4.78 is 15.5. The highest BCUT2D eigenvalue weighted by Crippen LogP contribution is 2.29. The highest BCUT2D eigenvalue weighted by atomic mass is 35.5. The molecule has 0 unspecified atom stereocenters. The van der Waals surface area contributed by atoms with E-state index < -0.39 is 0 Å². The summed E-state index contributed by atoms with van der Waals surface area (Å²) in [6.45, 7) is 0.515. The standard InChI is InChI=1S/C12H13ClFN3/c1-17-7-8(5-6-15)16-12(17)11-9(13)3-2-4-10(11)14/h2-4,7H,5-6,15H2,1H3. The Bertz CT molecular complexity index is 516. The van der Waals surface area contributed by atoms with Crippen molar-refractivity contribution in [1.82, 2.24) is 9.55 Å². The van der Waals surface area contributed by atoms with Crippen LogP contribution >= 0.6 is 11.6 Å². The van der Waals surface area contributed by atoms with Crippen molar-refractivity contribution in [2.75, 3.05) is 6.54 Å². The number of rotatable bonds is 3. The lowest BCUT2D eigenvalue weighted by Crippen LogP contribution is -2.02. The average Bonchev–Trinajstić information content (AvgIpc) is 2.60. The van der Waals surface area contributed by atoms with E-state index in [1.165, 1.54) is 6.07 Å². The molecule has 0 amide bonds. The Hall–Kier alpha value is -1.39. The zero-order chi connectivity index (χ0) is 12.4. The number of imidazole rings is 1. The molecule has 3 nitrogen and oxygen atoms in total. The van der Waals surface area contributed by atoms with Gasteiger partial charge in [0.1, 0.15) is 11.6 Å². The van der Waals surface area contributed by atoms with Crippen molar-refractivity contribution >= 4 is 11.6 Å². The van der Waals surface area contributed by atoms with Crippen LogP contribution in [0.2, 0.25) is 5.02 Å². The summed E-state index contributed by atoms with van der Waals surface area (Å²) in [7, 11) is 1.81. The number of aromatic nitrogens is 2. The van der Waals surface area contributed by atoms with E-state index >= 15 is 0 Å². The Labute approximate surface area is 104 Å². The Morgan fingerprint density at radius 3 is 2.88 bits per heavy atom. The maximum atomic E-state index is 13.7. The third kappa shape index (κ3) is 2.33. The highest BCUT2D eigenvalue weighted by molar-refractivity contribution is 6.33. The first-order valence-electron chi connectivity index (χ1n) is 5.30. The maximum Gasteiger partial charge on any atom is 0.144 e. The van der Waals surface area contributed by atoms with Gasteiger partial charge in [-0.1, -0.05) is 17.7 Å². The fourth-order valence-electron chi connectivity index (χ4n) is 1.74. The van der Waals surface area contributed by atoms with Gasteiger partial charge in [-0.15, -0.1) is 0 Å². The number of benzene rings is 1. The molecular weight excluding hydrogens is 241 g/mol. The summed E-state index contributed by atoms with van der Waals surface area (Å²) in [6, 6.07) is 4.60. The first-order chi connectivity index (χ1) is 8.13. The molecule has 1 heterocycles. The normalized spacial score (nSPS) is 10.8. The number of aryl methyl sites for hydroxylation is 1. The minimum absolute atomic E-state index is 0.333. The van der Waals surface area contributed by atoms with Gasteiger partial charge in [0.2, 0.25) is 0 Å². The fourth-order valence-corrected chi connectivity index (χ4v) is 1.99. The second kappa shape index (κ2) is 4.85. The first-order valence-corrected chi connectivity index (χ1v) is 5.68. The minimum atomic E-state index is -0.370. The van der Waals surface area contributed by atoms with Gasteiger partial charge >= 0.3 is 0 Å². The fraction of sp³-hybridized carbons (Fsp3) is 0.250. The predicted octanol–water partition coefficient (Wildman–Crippen LogP) is 2.38. The van der Waals surface area contributed by atoms with Gasteiger partial charge in [0, 0.05) is 19.7 Å². The second-order valence-electron chi connectivity index (χ2n) is 3.80. The topological polar surface area (TPSA) is 43.8 Å². The van der Waals surface area contributed by atoms with E-state index in [-0.39, 0.29) is 5.82 Å². The summed E-state index contributed by atoms with van der Waals surface area (Å²) in [4.78, 5) is 4.35. The van der Waals surface area contributed by atoms with Crippen LogP contribution in [0.3, 0.4) is 0 Å². The number of hydrogen-bond donors (Lipinski definition) is 1. The van der Waals surface area contributed by atoms with Crippen LogP contribution in [-0.4, -0.2) is 16.1 Å². The van der Waals surface area contributed by atoms with Gasteiger partial charge in [-0.05, 0) is 18.7 Å². The molecule has 5 heteroatoms. The molecule has 2 aromatic rings. The summed E-state index contributed by atoms with van der Waals surface area (Å²) in [5.41, 5.74) is 6.64. The van der Waals surface area contributed by atoms with Crippen molar-refractivity contribution in [2.45, 2.75) is 6.42 Å². The molecule has 0 radical (unpaired) electrons. The van der Waals surface area contributed by atoms with E-state index in [1.807, 2.05) is 13.2 Å². The summed E-state index contributed by atoms with van der Waals surface area (Å²) in [5.74, 6) is 0.155. The van der Waals surface area contributed by atoms with Crippen molar-refractivity contribution in [3.8, 4) is 11.4 Å². The molecule has 0 saturated heterocycles. The van der Waals surface area contributed by atoms with Crippen LogP contribution in [0.4, 0.5) is 4.39 Å². The minimum Gasteiger partial charge on any atom is -0.334 e. The van der Waals surface area contributed by atoms with Crippen molar-refractivity contribution < 1.29 is 4.39 Å². The van der Waals surface area contributed by atoms with Crippen LogP contribution in [0.1, 0.15) is 5.69 Å². The Morgan fingerprint density at radius 2 is 2.24 bits per heavy atom. The molecule has 2 rings (SSSR count). The van der Waals surface area contributed by atoms with Crippen LogP contribution in [0.15, 0.2) is 24.4 Å². The van der Waals surface area contributed by atoms with E-state index in [0.29, 0.717) is 29.4 Å². The molecule has 0 fully saturated rings. The van der Waals surface area contributed by atoms with Crippen LogP contribution in [0.25, 0.3) is 11.4 Å². The molecule has 0 atom stereocenters. The molecule has 1 aromatic carbocycles. The summed E-state index contributed by atoms with van der Waals surface area (Å²) >= 11 is 6.00.